The van der Waals surface area contributed by atoms with Crippen molar-refractivity contribution in [2.45, 2.75) is 13.7 Å². The van der Waals surface area contributed by atoms with E-state index in [9.17, 15) is 0 Å². The molecule has 0 aliphatic carbocycles. The van der Waals surface area contributed by atoms with Crippen LogP contribution in [0.25, 0.3) is 0 Å². The summed E-state index contributed by atoms with van der Waals surface area (Å²) in [5, 5.41) is 0. The van der Waals surface area contributed by atoms with Crippen LogP contribution < -0.4 is 0 Å². The molecule has 2 radical (unpaired) electrons. The number of hydrogen-bond acceptors (Lipinski definition) is 1. The van der Waals surface area contributed by atoms with Gasteiger partial charge in [0.25, 0.3) is 0 Å². The van der Waals surface area contributed by atoms with Crippen molar-refractivity contribution in [1.29, 1.82) is 0 Å². The zero-order chi connectivity index (χ0) is 4.99. The summed E-state index contributed by atoms with van der Waals surface area (Å²) in [7, 11) is 5.37. The van der Waals surface area contributed by atoms with Crippen molar-refractivity contribution in [3.05, 3.63) is 0 Å². The molecule has 0 atom stereocenters. The van der Waals surface area contributed by atoms with Gasteiger partial charge in [0.15, 0.2) is 5.88 Å². The summed E-state index contributed by atoms with van der Waals surface area (Å²) in [5.41, 5.74) is 0. The molecule has 6 heavy (non-hydrogen) atoms. The Morgan fingerprint density at radius 2 is 2.33 bits per heavy atom. The van der Waals surface area contributed by atoms with Gasteiger partial charge in [0, 0.05) is 7.74 Å². The maximum atomic E-state index is 5.37. The first-order valence-electron chi connectivity index (χ1n) is 2.14. The molecule has 0 bridgehead atoms. The Hall–Kier alpha value is 0.480. The van der Waals surface area contributed by atoms with Crippen LogP contribution in [-0.4, -0.2) is 19.4 Å². The van der Waals surface area contributed by atoms with Gasteiger partial charge >= 0.3 is 0 Å². The van der Waals surface area contributed by atoms with Crippen molar-refractivity contribution in [2.24, 2.45) is 0 Å². The van der Waals surface area contributed by atoms with E-state index in [1.165, 1.54) is 0 Å². The van der Waals surface area contributed by atoms with Crippen molar-refractivity contribution in [1.82, 2.24) is 0 Å². The molecule has 3 heteroatoms. The SMILES string of the molecule is [B]B(C)SCC. The Bertz CT molecular complexity index is 30.0. The minimum absolute atomic E-state index is 0.315. The normalized spacial score (nSPS) is 8.33. The Balaban J connectivity index is 2.63. The molecule has 0 aliphatic heterocycles. The maximum absolute atomic E-state index is 5.37. The van der Waals surface area contributed by atoms with Crippen LogP contribution in [0.4, 0.5) is 0 Å². The summed E-state index contributed by atoms with van der Waals surface area (Å²) in [6.07, 6.45) is 0. The van der Waals surface area contributed by atoms with Gasteiger partial charge in [-0.15, -0.1) is 0 Å². The first-order valence-corrected chi connectivity index (χ1v) is 3.19. The molecule has 0 fully saturated rings. The molecule has 0 heterocycles. The molecule has 0 aromatic heterocycles. The van der Waals surface area contributed by atoms with E-state index in [1.807, 2.05) is 6.82 Å². The first kappa shape index (κ1) is 6.48. The van der Waals surface area contributed by atoms with Crippen molar-refractivity contribution in [3.63, 3.8) is 0 Å². The molecule has 0 rings (SSSR count). The number of hydrogen-bond donors (Lipinski definition) is 0. The van der Waals surface area contributed by atoms with E-state index in [1.54, 1.807) is 11.6 Å². The highest BCUT2D eigenvalue weighted by Crippen LogP contribution is 1.99. The Morgan fingerprint density at radius 1 is 1.83 bits per heavy atom. The fourth-order valence-corrected chi connectivity index (χ4v) is 0.789. The highest BCUT2D eigenvalue weighted by Gasteiger charge is 1.90. The third-order valence-electron chi connectivity index (χ3n) is 0.430. The highest BCUT2D eigenvalue weighted by molar-refractivity contribution is 8.29. The second-order valence-electron chi connectivity index (χ2n) is 1.16. The van der Waals surface area contributed by atoms with E-state index in [0.29, 0.717) is 5.88 Å². The lowest BCUT2D eigenvalue weighted by Gasteiger charge is -1.92. The fourth-order valence-electron chi connectivity index (χ4n) is 0.263. The van der Waals surface area contributed by atoms with Crippen LogP contribution in [-0.2, 0) is 0 Å². The van der Waals surface area contributed by atoms with Crippen LogP contribution in [0.3, 0.4) is 0 Å². The van der Waals surface area contributed by atoms with Crippen LogP contribution in [0, 0.1) is 0 Å². The molecular weight excluding hydrogens is 89.7 g/mol. The van der Waals surface area contributed by atoms with E-state index in [-0.39, 0.29) is 0 Å². The zero-order valence-electron chi connectivity index (χ0n) is 4.27. The smallest absolute Gasteiger partial charge is 0.155 e. The third kappa shape index (κ3) is 4.48. The number of rotatable bonds is 2. The average molecular weight is 97.8 g/mol. The molecule has 0 saturated carbocycles. The van der Waals surface area contributed by atoms with Gasteiger partial charge in [-0.25, -0.2) is 11.6 Å². The minimum Gasteiger partial charge on any atom is -0.222 e. The van der Waals surface area contributed by atoms with Crippen LogP contribution in [0.1, 0.15) is 6.92 Å². The van der Waals surface area contributed by atoms with Crippen LogP contribution in [0.15, 0.2) is 0 Å². The summed E-state index contributed by atoms with van der Waals surface area (Å²) in [6, 6.07) is 0. The Morgan fingerprint density at radius 3 is 2.33 bits per heavy atom. The summed E-state index contributed by atoms with van der Waals surface area (Å²) in [5.74, 6) is 1.44. The van der Waals surface area contributed by atoms with Crippen LogP contribution in [0.2, 0.25) is 6.82 Å². The van der Waals surface area contributed by atoms with Gasteiger partial charge in [-0.3, -0.25) is 0 Å². The highest BCUT2D eigenvalue weighted by atomic mass is 32.2. The van der Waals surface area contributed by atoms with Gasteiger partial charge in [-0.2, -0.15) is 0 Å². The summed E-state index contributed by atoms with van der Waals surface area (Å²) < 4.78 is 0. The molecule has 0 N–H and O–H groups in total. The molecule has 0 aliphatic rings. The van der Waals surface area contributed by atoms with E-state index < -0.39 is 0 Å². The first-order chi connectivity index (χ1) is 2.77. The molecule has 32 valence electrons. The summed E-state index contributed by atoms with van der Waals surface area (Å²) >= 11 is 1.76. The van der Waals surface area contributed by atoms with Gasteiger partial charge in [-0.1, -0.05) is 13.7 Å². The minimum atomic E-state index is 0.315. The van der Waals surface area contributed by atoms with Gasteiger partial charge in [-0.05, 0) is 5.75 Å². The Kier molecular flexibility index (Phi) is 3.96. The lowest BCUT2D eigenvalue weighted by molar-refractivity contribution is 1.54. The predicted molar refractivity (Wildman–Crippen MR) is 35.5 cm³/mol. The lowest BCUT2D eigenvalue weighted by Crippen LogP contribution is -1.99. The van der Waals surface area contributed by atoms with Crippen LogP contribution in [0.5, 0.6) is 0 Å². The summed E-state index contributed by atoms with van der Waals surface area (Å²) in [4.78, 5) is 0. The molecule has 0 unspecified atom stereocenters. The molecule has 0 nitrogen and oxygen atoms in total. The van der Waals surface area contributed by atoms with Crippen molar-refractivity contribution in [2.75, 3.05) is 5.75 Å². The monoisotopic (exact) mass is 98.1 g/mol. The van der Waals surface area contributed by atoms with E-state index >= 15 is 0 Å². The molecule has 0 aromatic carbocycles. The second kappa shape index (κ2) is 3.66. The van der Waals surface area contributed by atoms with Crippen molar-refractivity contribution < 1.29 is 0 Å². The van der Waals surface area contributed by atoms with E-state index in [4.69, 9.17) is 7.74 Å². The summed E-state index contributed by atoms with van der Waals surface area (Å²) in [6.45, 7) is 4.10. The molecule has 0 spiro atoms. The van der Waals surface area contributed by atoms with Crippen LogP contribution >= 0.6 is 11.6 Å². The second-order valence-corrected chi connectivity index (χ2v) is 2.81. The quantitative estimate of drug-likeness (QED) is 0.464. The predicted octanol–water partition coefficient (Wildman–Crippen LogP) is 1.03. The Labute approximate surface area is 45.4 Å². The van der Waals surface area contributed by atoms with E-state index in [0.717, 1.165) is 5.75 Å². The molecule has 0 amide bonds. The van der Waals surface area contributed by atoms with Gasteiger partial charge < -0.3 is 0 Å². The molecular formula is C3H8B2S. The van der Waals surface area contributed by atoms with Gasteiger partial charge in [0.1, 0.15) is 0 Å². The zero-order valence-corrected chi connectivity index (χ0v) is 5.09. The fraction of sp³-hybridized carbons (Fsp3) is 1.00. The standard InChI is InChI=1S/C3H8B2S/c1-3-6-5(2)4/h3H2,1-2H3. The molecule has 0 aromatic rings. The molecule has 0 saturated heterocycles. The van der Waals surface area contributed by atoms with Crippen molar-refractivity contribution >= 4 is 25.2 Å². The van der Waals surface area contributed by atoms with Gasteiger partial charge in [0.2, 0.25) is 0 Å². The van der Waals surface area contributed by atoms with E-state index in [2.05, 4.69) is 6.92 Å². The lowest BCUT2D eigenvalue weighted by atomic mass is 9.56. The largest absolute Gasteiger partial charge is 0.222 e. The topological polar surface area (TPSA) is 0 Å². The maximum Gasteiger partial charge on any atom is 0.155 e. The van der Waals surface area contributed by atoms with Gasteiger partial charge in [0.05, 0.1) is 0 Å². The van der Waals surface area contributed by atoms with Crippen molar-refractivity contribution in [3.8, 4) is 0 Å². The third-order valence-corrected chi connectivity index (χ3v) is 1.29. The average Bonchev–Trinajstić information content (AvgIpc) is 1.35.